The highest BCUT2D eigenvalue weighted by atomic mass is 35.5. The molecule has 0 radical (unpaired) electrons. The van der Waals surface area contributed by atoms with E-state index in [2.05, 4.69) is 10.00 Å². The molecule has 0 saturated carbocycles. The second-order valence-corrected chi connectivity index (χ2v) is 4.86. The summed E-state index contributed by atoms with van der Waals surface area (Å²) in [6, 6.07) is 7.03. The minimum absolute atomic E-state index is 0. The number of alkyl halides is 3. The van der Waals surface area contributed by atoms with Gasteiger partial charge in [-0.3, -0.25) is 0 Å². The van der Waals surface area contributed by atoms with Crippen molar-refractivity contribution in [2.45, 2.75) is 19.0 Å². The quantitative estimate of drug-likeness (QED) is 0.837. The van der Waals surface area contributed by atoms with Crippen molar-refractivity contribution in [2.24, 2.45) is 0 Å². The first-order chi connectivity index (χ1) is 9.54. The zero-order valence-electron chi connectivity index (χ0n) is 11.2. The fourth-order valence-electron chi connectivity index (χ4n) is 2.40. The normalized spacial score (nSPS) is 15.1. The lowest BCUT2D eigenvalue weighted by molar-refractivity contribution is -0.137. The van der Waals surface area contributed by atoms with E-state index in [4.69, 9.17) is 0 Å². The van der Waals surface area contributed by atoms with Crippen LogP contribution in [0.15, 0.2) is 36.5 Å². The van der Waals surface area contributed by atoms with Crippen LogP contribution in [0.4, 0.5) is 19.0 Å². The number of hydrogen-bond acceptors (Lipinski definition) is 2. The summed E-state index contributed by atoms with van der Waals surface area (Å²) in [6.07, 6.45) is -0.364. The van der Waals surface area contributed by atoms with Crippen molar-refractivity contribution in [2.75, 3.05) is 18.0 Å². The number of halogens is 4. The Morgan fingerprint density at radius 2 is 1.76 bits per heavy atom. The molecule has 0 spiro atoms. The SMILES string of the molecule is Cl.FC(F)(F)c1cccc(-n2ccc(N3CCCC3)n2)c1. The maximum Gasteiger partial charge on any atom is 0.416 e. The van der Waals surface area contributed by atoms with Gasteiger partial charge in [0, 0.05) is 25.4 Å². The lowest BCUT2D eigenvalue weighted by Crippen LogP contribution is -2.18. The summed E-state index contributed by atoms with van der Waals surface area (Å²) in [5.41, 5.74) is -0.238. The standard InChI is InChI=1S/C14H14F3N3.ClH/c15-14(16,17)11-4-3-5-12(10-11)20-9-6-13(18-20)19-7-1-2-8-19;/h3-6,9-10H,1-2,7-8H2;1H. The van der Waals surface area contributed by atoms with Gasteiger partial charge >= 0.3 is 6.18 Å². The molecule has 0 aliphatic carbocycles. The van der Waals surface area contributed by atoms with Gasteiger partial charge in [-0.1, -0.05) is 6.07 Å². The van der Waals surface area contributed by atoms with Crippen LogP contribution in [0.5, 0.6) is 0 Å². The smallest absolute Gasteiger partial charge is 0.355 e. The fraction of sp³-hybridized carbons (Fsp3) is 0.357. The molecule has 2 aromatic rings. The zero-order chi connectivity index (χ0) is 14.2. The Morgan fingerprint density at radius 1 is 1.05 bits per heavy atom. The molecule has 1 aliphatic rings. The lowest BCUT2D eigenvalue weighted by Gasteiger charge is -2.13. The van der Waals surface area contributed by atoms with Gasteiger partial charge in [0.1, 0.15) is 0 Å². The summed E-state index contributed by atoms with van der Waals surface area (Å²) >= 11 is 0. The van der Waals surface area contributed by atoms with E-state index in [1.165, 1.54) is 10.7 Å². The molecule has 0 amide bonds. The van der Waals surface area contributed by atoms with Gasteiger partial charge in [0.15, 0.2) is 5.82 Å². The van der Waals surface area contributed by atoms with Gasteiger partial charge in [-0.2, -0.15) is 18.3 Å². The van der Waals surface area contributed by atoms with Gasteiger partial charge in [-0.05, 0) is 31.0 Å². The average Bonchev–Trinajstić information content (AvgIpc) is 3.09. The number of aromatic nitrogens is 2. The van der Waals surface area contributed by atoms with E-state index in [-0.39, 0.29) is 12.4 Å². The van der Waals surface area contributed by atoms with Crippen LogP contribution in [-0.2, 0) is 6.18 Å². The van der Waals surface area contributed by atoms with Crippen molar-refractivity contribution in [1.82, 2.24) is 9.78 Å². The Morgan fingerprint density at radius 3 is 2.43 bits per heavy atom. The van der Waals surface area contributed by atoms with Crippen LogP contribution in [0.1, 0.15) is 18.4 Å². The molecule has 1 aromatic carbocycles. The van der Waals surface area contributed by atoms with Gasteiger partial charge < -0.3 is 4.90 Å². The van der Waals surface area contributed by atoms with Crippen LogP contribution >= 0.6 is 12.4 Å². The minimum atomic E-state index is -4.33. The number of nitrogens with zero attached hydrogens (tertiary/aromatic N) is 3. The Balaban J connectivity index is 0.00000161. The molecule has 0 N–H and O–H groups in total. The molecule has 1 aliphatic heterocycles. The Labute approximate surface area is 126 Å². The zero-order valence-corrected chi connectivity index (χ0v) is 12.0. The van der Waals surface area contributed by atoms with Crippen molar-refractivity contribution in [3.8, 4) is 5.69 Å². The molecule has 1 saturated heterocycles. The van der Waals surface area contributed by atoms with Crippen molar-refractivity contribution in [3.63, 3.8) is 0 Å². The van der Waals surface area contributed by atoms with Crippen molar-refractivity contribution >= 4 is 18.2 Å². The van der Waals surface area contributed by atoms with Gasteiger partial charge in [0.2, 0.25) is 0 Å². The van der Waals surface area contributed by atoms with Gasteiger partial charge in [0.05, 0.1) is 11.3 Å². The molecule has 3 nitrogen and oxygen atoms in total. The van der Waals surface area contributed by atoms with Gasteiger partial charge in [0.25, 0.3) is 0 Å². The van der Waals surface area contributed by atoms with E-state index in [0.29, 0.717) is 5.69 Å². The first kappa shape index (κ1) is 15.7. The average molecular weight is 318 g/mol. The third-order valence-electron chi connectivity index (χ3n) is 3.44. The molecule has 3 rings (SSSR count). The van der Waals surface area contributed by atoms with Crippen LogP contribution in [0.3, 0.4) is 0 Å². The molecule has 21 heavy (non-hydrogen) atoms. The molecule has 0 bridgehead atoms. The topological polar surface area (TPSA) is 21.1 Å². The van der Waals surface area contributed by atoms with E-state index in [1.54, 1.807) is 12.3 Å². The van der Waals surface area contributed by atoms with E-state index in [1.807, 2.05) is 6.07 Å². The molecule has 7 heteroatoms. The summed E-state index contributed by atoms with van der Waals surface area (Å²) in [5, 5.41) is 4.36. The van der Waals surface area contributed by atoms with Crippen LogP contribution in [0.2, 0.25) is 0 Å². The van der Waals surface area contributed by atoms with E-state index >= 15 is 0 Å². The second-order valence-electron chi connectivity index (χ2n) is 4.86. The van der Waals surface area contributed by atoms with Crippen LogP contribution in [0, 0.1) is 0 Å². The third kappa shape index (κ3) is 3.32. The highest BCUT2D eigenvalue weighted by molar-refractivity contribution is 5.85. The molecule has 0 unspecified atom stereocenters. The van der Waals surface area contributed by atoms with Gasteiger partial charge in [-0.25, -0.2) is 4.68 Å². The van der Waals surface area contributed by atoms with E-state index in [0.717, 1.165) is 43.9 Å². The predicted octanol–water partition coefficient (Wildman–Crippen LogP) is 3.91. The summed E-state index contributed by atoms with van der Waals surface area (Å²) in [4.78, 5) is 2.14. The Bertz CT molecular complexity index is 604. The van der Waals surface area contributed by atoms with Crippen LogP contribution < -0.4 is 4.90 Å². The van der Waals surface area contributed by atoms with Crippen LogP contribution in [0.25, 0.3) is 5.69 Å². The fourth-order valence-corrected chi connectivity index (χ4v) is 2.40. The summed E-state index contributed by atoms with van der Waals surface area (Å²) in [5.74, 6) is 0.819. The van der Waals surface area contributed by atoms with Crippen molar-refractivity contribution in [3.05, 3.63) is 42.1 Å². The third-order valence-corrected chi connectivity index (χ3v) is 3.44. The van der Waals surface area contributed by atoms with Crippen molar-refractivity contribution < 1.29 is 13.2 Å². The largest absolute Gasteiger partial charge is 0.416 e. The number of benzene rings is 1. The molecule has 114 valence electrons. The molecule has 1 aromatic heterocycles. The van der Waals surface area contributed by atoms with Gasteiger partial charge in [-0.15, -0.1) is 12.4 Å². The predicted molar refractivity (Wildman–Crippen MR) is 77.3 cm³/mol. The number of hydrogen-bond donors (Lipinski definition) is 0. The minimum Gasteiger partial charge on any atom is -0.355 e. The number of rotatable bonds is 2. The summed E-state index contributed by atoms with van der Waals surface area (Å²) in [7, 11) is 0. The molecular formula is C14H15ClF3N3. The number of anilines is 1. The maximum absolute atomic E-state index is 12.7. The van der Waals surface area contributed by atoms with E-state index in [9.17, 15) is 13.2 Å². The summed E-state index contributed by atoms with van der Waals surface area (Å²) < 4.78 is 39.6. The highest BCUT2D eigenvalue weighted by Gasteiger charge is 2.30. The monoisotopic (exact) mass is 317 g/mol. The highest BCUT2D eigenvalue weighted by Crippen LogP contribution is 2.30. The van der Waals surface area contributed by atoms with Crippen molar-refractivity contribution in [1.29, 1.82) is 0 Å². The Kier molecular flexibility index (Phi) is 4.46. The molecular weight excluding hydrogens is 303 g/mol. The maximum atomic E-state index is 12.7. The first-order valence-electron chi connectivity index (χ1n) is 6.52. The summed E-state index contributed by atoms with van der Waals surface area (Å²) in [6.45, 7) is 1.92. The molecule has 0 atom stereocenters. The van der Waals surface area contributed by atoms with Crippen LogP contribution in [-0.4, -0.2) is 22.9 Å². The molecule has 1 fully saturated rings. The molecule has 2 heterocycles. The Hall–Kier alpha value is -1.69. The first-order valence-corrected chi connectivity index (χ1v) is 6.52. The lowest BCUT2D eigenvalue weighted by atomic mass is 10.2. The van der Waals surface area contributed by atoms with E-state index < -0.39 is 11.7 Å². The second kappa shape index (κ2) is 5.97.